The minimum Gasteiger partial charge on any atom is -0.391 e. The molecule has 1 aromatic rings. The zero-order valence-electron chi connectivity index (χ0n) is 21.2. The van der Waals surface area contributed by atoms with E-state index in [2.05, 4.69) is 10.6 Å². The van der Waals surface area contributed by atoms with Gasteiger partial charge in [-0.2, -0.15) is 13.2 Å². The van der Waals surface area contributed by atoms with Gasteiger partial charge in [-0.25, -0.2) is 4.79 Å². The number of hydrogen-bond acceptors (Lipinski definition) is 5. The maximum Gasteiger partial charge on any atom is 0.416 e. The van der Waals surface area contributed by atoms with Crippen LogP contribution in [-0.4, -0.2) is 89.7 Å². The molecule has 202 valence electrons. The number of likely N-dealkylation sites (tertiary alicyclic amines) is 1. The molecular formula is C24H36F3N5O4. The first-order valence-electron chi connectivity index (χ1n) is 12.0. The molecule has 0 bridgehead atoms. The van der Waals surface area contributed by atoms with E-state index in [1.54, 1.807) is 0 Å². The van der Waals surface area contributed by atoms with Gasteiger partial charge in [-0.05, 0) is 51.9 Å². The lowest BCUT2D eigenvalue weighted by Crippen LogP contribution is -2.49. The lowest BCUT2D eigenvalue weighted by molar-refractivity contribution is -0.137. The summed E-state index contributed by atoms with van der Waals surface area (Å²) >= 11 is 0. The Morgan fingerprint density at radius 1 is 1.19 bits per heavy atom. The van der Waals surface area contributed by atoms with Crippen LogP contribution in [0.1, 0.15) is 56.0 Å². The van der Waals surface area contributed by atoms with Crippen molar-refractivity contribution < 1.29 is 32.7 Å². The number of halogens is 3. The van der Waals surface area contributed by atoms with Gasteiger partial charge in [0.1, 0.15) is 0 Å². The number of urea groups is 1. The Labute approximate surface area is 209 Å². The average molecular weight is 516 g/mol. The van der Waals surface area contributed by atoms with Gasteiger partial charge in [-0.15, -0.1) is 0 Å². The highest BCUT2D eigenvalue weighted by Crippen LogP contribution is 2.32. The Hall–Kier alpha value is -2.86. The van der Waals surface area contributed by atoms with Crippen molar-refractivity contribution >= 4 is 23.5 Å². The molecule has 0 radical (unpaired) electrons. The number of aliphatic hydroxyl groups is 1. The van der Waals surface area contributed by atoms with Gasteiger partial charge in [0.25, 0.3) is 5.91 Å². The first-order chi connectivity index (χ1) is 16.8. The highest BCUT2D eigenvalue weighted by Gasteiger charge is 2.32. The van der Waals surface area contributed by atoms with Crippen molar-refractivity contribution in [2.75, 3.05) is 45.2 Å². The van der Waals surface area contributed by atoms with Crippen molar-refractivity contribution in [1.29, 1.82) is 0 Å². The van der Waals surface area contributed by atoms with Gasteiger partial charge in [0.15, 0.2) is 0 Å². The molecule has 1 atom stereocenters. The van der Waals surface area contributed by atoms with E-state index in [0.717, 1.165) is 25.0 Å². The summed E-state index contributed by atoms with van der Waals surface area (Å²) in [5, 5.41) is 15.1. The minimum atomic E-state index is -4.70. The first kappa shape index (κ1) is 29.4. The van der Waals surface area contributed by atoms with E-state index >= 15 is 0 Å². The Kier molecular flexibility index (Phi) is 10.5. The average Bonchev–Trinajstić information content (AvgIpc) is 2.75. The van der Waals surface area contributed by atoms with E-state index in [1.165, 1.54) is 9.80 Å². The van der Waals surface area contributed by atoms with Gasteiger partial charge >= 0.3 is 12.2 Å². The summed E-state index contributed by atoms with van der Waals surface area (Å²) in [6.07, 6.45) is -3.40. The fraction of sp³-hybridized carbons (Fsp3) is 0.625. The molecular weight excluding hydrogens is 479 g/mol. The summed E-state index contributed by atoms with van der Waals surface area (Å²) in [7, 11) is 1.81. The highest BCUT2D eigenvalue weighted by molar-refractivity contribution is 6.04. The quantitative estimate of drug-likeness (QED) is 0.393. The monoisotopic (exact) mass is 515 g/mol. The predicted molar refractivity (Wildman–Crippen MR) is 129 cm³/mol. The van der Waals surface area contributed by atoms with Crippen LogP contribution in [0, 0.1) is 0 Å². The van der Waals surface area contributed by atoms with E-state index in [4.69, 9.17) is 0 Å². The molecule has 1 heterocycles. The molecule has 0 aliphatic carbocycles. The SMILES string of the molecule is CCCC(O)CN(CN(C)C(C)C)C(=O)CNC(=O)c1cc(C(F)(F)F)ccc1NC(=O)N1CCC1. The van der Waals surface area contributed by atoms with Crippen molar-refractivity contribution in [3.63, 3.8) is 0 Å². The molecule has 1 aromatic carbocycles. The summed E-state index contributed by atoms with van der Waals surface area (Å²) in [6, 6.07) is 2.06. The Bertz CT molecular complexity index is 922. The van der Waals surface area contributed by atoms with Crippen LogP contribution >= 0.6 is 0 Å². The van der Waals surface area contributed by atoms with Crippen LogP contribution in [0.2, 0.25) is 0 Å². The number of nitrogens with zero attached hydrogens (tertiary/aromatic N) is 3. The standard InChI is InChI=1S/C24H36F3N5O4/c1-5-7-18(33)14-32(15-30(4)16(2)3)21(34)13-28-22(35)19-12-17(24(25,26)27)8-9-20(19)29-23(36)31-10-6-11-31/h8-9,12,16,18,33H,5-7,10-11,13-15H2,1-4H3,(H,28,35)(H,29,36). The van der Waals surface area contributed by atoms with Crippen LogP contribution in [0.4, 0.5) is 23.7 Å². The third kappa shape index (κ3) is 8.37. The number of carbonyl (C=O) groups excluding carboxylic acids is 3. The van der Waals surface area contributed by atoms with Gasteiger partial charge in [0.2, 0.25) is 5.91 Å². The van der Waals surface area contributed by atoms with Gasteiger partial charge < -0.3 is 25.5 Å². The number of nitrogens with one attached hydrogen (secondary N) is 2. The molecule has 36 heavy (non-hydrogen) atoms. The van der Waals surface area contributed by atoms with Crippen LogP contribution in [0.3, 0.4) is 0 Å². The van der Waals surface area contributed by atoms with Crippen LogP contribution in [0.15, 0.2) is 18.2 Å². The van der Waals surface area contributed by atoms with Crippen molar-refractivity contribution in [3.05, 3.63) is 29.3 Å². The molecule has 4 amide bonds. The molecule has 1 unspecified atom stereocenters. The number of aliphatic hydroxyl groups excluding tert-OH is 1. The largest absolute Gasteiger partial charge is 0.416 e. The fourth-order valence-electron chi connectivity index (χ4n) is 3.44. The van der Waals surface area contributed by atoms with Crippen molar-refractivity contribution in [3.8, 4) is 0 Å². The Morgan fingerprint density at radius 3 is 2.39 bits per heavy atom. The zero-order valence-corrected chi connectivity index (χ0v) is 21.2. The normalized spacial score (nSPS) is 14.4. The van der Waals surface area contributed by atoms with Crippen molar-refractivity contribution in [2.45, 2.75) is 58.4 Å². The summed E-state index contributed by atoms with van der Waals surface area (Å²) in [6.45, 7) is 6.60. The minimum absolute atomic E-state index is 0.0559. The number of hydrogen-bond donors (Lipinski definition) is 3. The maximum atomic E-state index is 13.3. The molecule has 0 saturated carbocycles. The summed E-state index contributed by atoms with van der Waals surface area (Å²) in [5.41, 5.74) is -1.54. The summed E-state index contributed by atoms with van der Waals surface area (Å²) in [4.78, 5) is 42.8. The molecule has 9 nitrogen and oxygen atoms in total. The van der Waals surface area contributed by atoms with Crippen LogP contribution in [-0.2, 0) is 11.0 Å². The third-order valence-electron chi connectivity index (χ3n) is 6.06. The molecule has 3 N–H and O–H groups in total. The van der Waals surface area contributed by atoms with Gasteiger partial charge in [-0.1, -0.05) is 13.3 Å². The lowest BCUT2D eigenvalue weighted by atomic mass is 10.1. The van der Waals surface area contributed by atoms with E-state index in [9.17, 15) is 32.7 Å². The van der Waals surface area contributed by atoms with Crippen LogP contribution in [0.5, 0.6) is 0 Å². The lowest BCUT2D eigenvalue weighted by Gasteiger charge is -2.32. The molecule has 2 rings (SSSR count). The second-order valence-electron chi connectivity index (χ2n) is 9.26. The number of rotatable bonds is 11. The predicted octanol–water partition coefficient (Wildman–Crippen LogP) is 2.96. The molecule has 1 saturated heterocycles. The van der Waals surface area contributed by atoms with E-state index in [1.807, 2.05) is 32.7 Å². The van der Waals surface area contributed by atoms with Crippen molar-refractivity contribution in [1.82, 2.24) is 20.0 Å². The summed E-state index contributed by atoms with van der Waals surface area (Å²) < 4.78 is 39.9. The second-order valence-corrected chi connectivity index (χ2v) is 9.26. The number of anilines is 1. The number of benzene rings is 1. The second kappa shape index (κ2) is 12.9. The van der Waals surface area contributed by atoms with Gasteiger partial charge in [0, 0.05) is 25.7 Å². The van der Waals surface area contributed by atoms with Gasteiger partial charge in [-0.3, -0.25) is 14.5 Å². The topological polar surface area (TPSA) is 105 Å². The number of amides is 4. The van der Waals surface area contributed by atoms with Gasteiger partial charge in [0.05, 0.1) is 36.1 Å². The highest BCUT2D eigenvalue weighted by atomic mass is 19.4. The molecule has 1 fully saturated rings. The first-order valence-corrected chi connectivity index (χ1v) is 12.0. The molecule has 0 spiro atoms. The molecule has 12 heteroatoms. The van der Waals surface area contributed by atoms with Crippen LogP contribution in [0.25, 0.3) is 0 Å². The third-order valence-corrected chi connectivity index (χ3v) is 6.06. The molecule has 1 aliphatic rings. The number of carbonyl (C=O) groups is 3. The Morgan fingerprint density at radius 2 is 1.86 bits per heavy atom. The van der Waals surface area contributed by atoms with E-state index in [0.29, 0.717) is 25.6 Å². The smallest absolute Gasteiger partial charge is 0.391 e. The number of alkyl halides is 3. The molecule has 0 aromatic heterocycles. The van der Waals surface area contributed by atoms with E-state index in [-0.39, 0.29) is 24.9 Å². The fourth-order valence-corrected chi connectivity index (χ4v) is 3.44. The van der Waals surface area contributed by atoms with Crippen molar-refractivity contribution in [2.24, 2.45) is 0 Å². The summed E-state index contributed by atoms with van der Waals surface area (Å²) in [5.74, 6) is -1.43. The zero-order chi connectivity index (χ0) is 27.0. The van der Waals surface area contributed by atoms with E-state index < -0.39 is 47.8 Å². The van der Waals surface area contributed by atoms with Crippen LogP contribution < -0.4 is 10.6 Å². The maximum absolute atomic E-state index is 13.3. The Balaban J connectivity index is 2.18. The molecule has 1 aliphatic heterocycles.